The lowest BCUT2D eigenvalue weighted by molar-refractivity contribution is 0.0867. The molecule has 4 nitrogen and oxygen atoms in total. The van der Waals surface area contributed by atoms with Gasteiger partial charge in [0, 0.05) is 17.8 Å². The highest BCUT2D eigenvalue weighted by Crippen LogP contribution is 2.42. The first-order valence-electron chi connectivity index (χ1n) is 7.27. The first kappa shape index (κ1) is 16.2. The van der Waals surface area contributed by atoms with Gasteiger partial charge in [-0.05, 0) is 38.3 Å². The molecule has 0 aliphatic heterocycles. The number of hydrogen-bond donors (Lipinski definition) is 0. The number of fused-ring (bicyclic) bond motifs is 1. The van der Waals surface area contributed by atoms with Crippen molar-refractivity contribution >= 4 is 29.0 Å². The zero-order chi connectivity index (χ0) is 16.8. The molecule has 1 atom stereocenters. The normalized spacial score (nSPS) is 20.3. The molecule has 0 spiro atoms. The highest BCUT2D eigenvalue weighted by Gasteiger charge is 2.44. The van der Waals surface area contributed by atoms with Crippen LogP contribution >= 0.6 is 23.2 Å². The summed E-state index contributed by atoms with van der Waals surface area (Å²) in [6.45, 7) is 3.77. The summed E-state index contributed by atoms with van der Waals surface area (Å²) in [6.07, 6.45) is 2.80. The molecule has 2 heterocycles. The van der Waals surface area contributed by atoms with E-state index in [1.165, 1.54) is 0 Å². The summed E-state index contributed by atoms with van der Waals surface area (Å²) in [5.41, 5.74) is 2.06. The molecule has 0 N–H and O–H groups in total. The van der Waals surface area contributed by atoms with Crippen molar-refractivity contribution in [3.8, 4) is 5.75 Å². The molecule has 0 saturated carbocycles. The number of methoxy groups -OCH3 is 1. The van der Waals surface area contributed by atoms with Crippen molar-refractivity contribution < 1.29 is 9.53 Å². The molecule has 0 fully saturated rings. The number of nitrogens with zero attached hydrogens (tertiary/aromatic N) is 2. The molecular formula is C17H16Cl2N2O2. The second kappa shape index (κ2) is 5.77. The van der Waals surface area contributed by atoms with Crippen LogP contribution in [0, 0.1) is 6.92 Å². The Labute approximate surface area is 144 Å². The summed E-state index contributed by atoms with van der Waals surface area (Å²) < 4.78 is 5.39. The molecule has 1 unspecified atom stereocenters. The third-order valence-corrected chi connectivity index (χ3v) is 4.81. The van der Waals surface area contributed by atoms with Crippen molar-refractivity contribution in [3.05, 3.63) is 51.0 Å². The van der Waals surface area contributed by atoms with Crippen LogP contribution in [0.1, 0.15) is 40.7 Å². The Morgan fingerprint density at radius 3 is 2.74 bits per heavy atom. The van der Waals surface area contributed by atoms with Crippen LogP contribution in [-0.2, 0) is 11.8 Å². The molecule has 6 heteroatoms. The smallest absolute Gasteiger partial charge is 0.176 e. The summed E-state index contributed by atoms with van der Waals surface area (Å²) in [6, 6.07) is 3.40. The second-order valence-electron chi connectivity index (χ2n) is 5.95. The van der Waals surface area contributed by atoms with Crippen LogP contribution in [0.4, 0.5) is 0 Å². The molecule has 0 radical (unpaired) electrons. The molecule has 0 aromatic carbocycles. The average Bonchev–Trinajstić information content (AvgIpc) is 2.50. The van der Waals surface area contributed by atoms with Gasteiger partial charge in [-0.1, -0.05) is 23.2 Å². The Kier molecular flexibility index (Phi) is 4.07. The molecule has 0 bridgehead atoms. The van der Waals surface area contributed by atoms with Crippen LogP contribution in [0.25, 0.3) is 0 Å². The van der Waals surface area contributed by atoms with Gasteiger partial charge < -0.3 is 4.74 Å². The van der Waals surface area contributed by atoms with E-state index in [2.05, 4.69) is 9.97 Å². The minimum atomic E-state index is -0.775. The van der Waals surface area contributed by atoms with Crippen LogP contribution in [0.5, 0.6) is 5.75 Å². The Morgan fingerprint density at radius 2 is 2.04 bits per heavy atom. The Hall–Kier alpha value is -1.65. The van der Waals surface area contributed by atoms with Gasteiger partial charge in [0.2, 0.25) is 0 Å². The molecule has 120 valence electrons. The maximum atomic E-state index is 13.2. The van der Waals surface area contributed by atoms with Crippen molar-refractivity contribution in [2.24, 2.45) is 0 Å². The Balaban J connectivity index is 2.16. The summed E-state index contributed by atoms with van der Waals surface area (Å²) in [4.78, 5) is 21.9. The molecule has 23 heavy (non-hydrogen) atoms. The van der Waals surface area contributed by atoms with Gasteiger partial charge in [0.1, 0.15) is 10.9 Å². The van der Waals surface area contributed by atoms with E-state index >= 15 is 0 Å². The summed E-state index contributed by atoms with van der Waals surface area (Å²) in [5.74, 6) is 0.518. The number of rotatable bonds is 2. The fraction of sp³-hybridized carbons (Fsp3) is 0.353. The number of halogens is 2. The number of carbonyl (C=O) groups is 1. The topological polar surface area (TPSA) is 52.1 Å². The van der Waals surface area contributed by atoms with Crippen LogP contribution < -0.4 is 4.74 Å². The monoisotopic (exact) mass is 350 g/mol. The molecular weight excluding hydrogens is 335 g/mol. The average molecular weight is 351 g/mol. The fourth-order valence-electron chi connectivity index (χ4n) is 3.16. The molecule has 1 aliphatic rings. The van der Waals surface area contributed by atoms with Crippen molar-refractivity contribution in [3.63, 3.8) is 0 Å². The predicted octanol–water partition coefficient (Wildman–Crippen LogP) is 4.19. The quantitative estimate of drug-likeness (QED) is 0.762. The van der Waals surface area contributed by atoms with Gasteiger partial charge in [0.15, 0.2) is 5.78 Å². The maximum absolute atomic E-state index is 13.2. The summed E-state index contributed by atoms with van der Waals surface area (Å²) in [5, 5.41) is 0.891. The molecule has 3 rings (SSSR count). The third-order valence-electron chi connectivity index (χ3n) is 4.41. The number of pyridine rings is 2. The maximum Gasteiger partial charge on any atom is 0.176 e. The second-order valence-corrected chi connectivity index (χ2v) is 6.77. The van der Waals surface area contributed by atoms with Crippen molar-refractivity contribution in [2.45, 2.75) is 32.1 Å². The first-order valence-corrected chi connectivity index (χ1v) is 8.03. The van der Waals surface area contributed by atoms with E-state index in [4.69, 9.17) is 27.9 Å². The van der Waals surface area contributed by atoms with Gasteiger partial charge in [0.05, 0.1) is 28.9 Å². The number of carbonyl (C=O) groups excluding carboxylic acids is 1. The van der Waals surface area contributed by atoms with Crippen molar-refractivity contribution in [1.29, 1.82) is 0 Å². The highest BCUT2D eigenvalue weighted by atomic mass is 35.5. The number of ether oxygens (including phenoxy) is 1. The van der Waals surface area contributed by atoms with Crippen LogP contribution in [0.3, 0.4) is 0 Å². The minimum Gasteiger partial charge on any atom is -0.495 e. The van der Waals surface area contributed by atoms with Gasteiger partial charge in [-0.2, -0.15) is 0 Å². The van der Waals surface area contributed by atoms with Gasteiger partial charge in [-0.15, -0.1) is 0 Å². The first-order chi connectivity index (χ1) is 10.9. The lowest BCUT2D eigenvalue weighted by Gasteiger charge is -2.34. The zero-order valence-electron chi connectivity index (χ0n) is 13.1. The predicted molar refractivity (Wildman–Crippen MR) is 89.8 cm³/mol. The van der Waals surface area contributed by atoms with E-state index in [9.17, 15) is 4.79 Å². The van der Waals surface area contributed by atoms with E-state index in [1.54, 1.807) is 25.4 Å². The van der Waals surface area contributed by atoms with Crippen LogP contribution in [-0.4, -0.2) is 22.9 Å². The van der Waals surface area contributed by atoms with Gasteiger partial charge in [-0.25, -0.2) is 4.98 Å². The standard InChI is InChI=1S/C17H16Cl2N2O2/c1-9-6-13(19)21-11-4-5-17(2,16(22)14(9)11)15-12(23-3)7-10(18)8-20-15/h6-8H,4-5H2,1-3H3. The lowest BCUT2D eigenvalue weighted by Crippen LogP contribution is -2.39. The van der Waals surface area contributed by atoms with E-state index in [0.717, 1.165) is 11.3 Å². The molecule has 0 amide bonds. The van der Waals surface area contributed by atoms with Gasteiger partial charge >= 0.3 is 0 Å². The summed E-state index contributed by atoms with van der Waals surface area (Å²) >= 11 is 12.0. The Bertz CT molecular complexity index is 807. The zero-order valence-corrected chi connectivity index (χ0v) is 14.6. The molecule has 0 saturated heterocycles. The third kappa shape index (κ3) is 2.60. The molecule has 2 aromatic rings. The number of aryl methyl sites for hydroxylation is 2. The van der Waals surface area contributed by atoms with Crippen LogP contribution in [0.2, 0.25) is 10.2 Å². The number of ketones is 1. The largest absolute Gasteiger partial charge is 0.495 e. The number of aromatic nitrogens is 2. The van der Waals surface area contributed by atoms with Crippen molar-refractivity contribution in [1.82, 2.24) is 9.97 Å². The van der Waals surface area contributed by atoms with E-state index in [0.29, 0.717) is 40.0 Å². The van der Waals surface area contributed by atoms with E-state index in [-0.39, 0.29) is 5.78 Å². The van der Waals surface area contributed by atoms with Crippen LogP contribution in [0.15, 0.2) is 18.3 Å². The van der Waals surface area contributed by atoms with E-state index < -0.39 is 5.41 Å². The Morgan fingerprint density at radius 1 is 1.30 bits per heavy atom. The van der Waals surface area contributed by atoms with Crippen molar-refractivity contribution in [2.75, 3.05) is 7.11 Å². The molecule has 2 aromatic heterocycles. The lowest BCUT2D eigenvalue weighted by atomic mass is 9.69. The SMILES string of the molecule is COc1cc(Cl)cnc1C1(C)CCc2nc(Cl)cc(C)c2C1=O. The number of Topliss-reactive ketones (excluding diaryl/α,β-unsaturated/α-hetero) is 1. The minimum absolute atomic E-state index is 0.00598. The molecule has 1 aliphatic carbocycles. The highest BCUT2D eigenvalue weighted by molar-refractivity contribution is 6.30. The summed E-state index contributed by atoms with van der Waals surface area (Å²) in [7, 11) is 1.55. The number of hydrogen-bond acceptors (Lipinski definition) is 4. The fourth-order valence-corrected chi connectivity index (χ4v) is 3.57. The van der Waals surface area contributed by atoms with Gasteiger partial charge in [-0.3, -0.25) is 9.78 Å². The van der Waals surface area contributed by atoms with E-state index in [1.807, 2.05) is 13.8 Å². The van der Waals surface area contributed by atoms with Gasteiger partial charge in [0.25, 0.3) is 0 Å².